The van der Waals surface area contributed by atoms with Gasteiger partial charge >= 0.3 is 0 Å². The maximum atomic E-state index is 4.06. The molecule has 2 aliphatic heterocycles. The zero-order valence-electron chi connectivity index (χ0n) is 7.05. The first kappa shape index (κ1) is 9.08. The first-order valence-corrected chi connectivity index (χ1v) is 4.16. The number of fused-ring (bicyclic) bond motifs is 2. The first-order valence-electron chi connectivity index (χ1n) is 4.16. The fraction of sp³-hybridized carbons (Fsp3) is 0.778. The lowest BCUT2D eigenvalue weighted by Crippen LogP contribution is -2.36. The molecule has 2 rings (SSSR count). The van der Waals surface area contributed by atoms with E-state index in [9.17, 15) is 0 Å². The topological polar surface area (TPSA) is 3.24 Å². The molecular weight excluding hydrogens is 158 g/mol. The summed E-state index contributed by atoms with van der Waals surface area (Å²) in [5.41, 5.74) is 1.48. The third-order valence-electron chi connectivity index (χ3n) is 3.03. The highest BCUT2D eigenvalue weighted by Gasteiger charge is 2.34. The van der Waals surface area contributed by atoms with Gasteiger partial charge in [-0.2, -0.15) is 0 Å². The molecule has 0 aromatic rings. The molecule has 0 aromatic carbocycles. The van der Waals surface area contributed by atoms with Gasteiger partial charge in [0, 0.05) is 12.1 Å². The lowest BCUT2D eigenvalue weighted by Gasteiger charge is -2.32. The number of rotatable bonds is 0. The van der Waals surface area contributed by atoms with E-state index in [0.717, 1.165) is 12.1 Å². The van der Waals surface area contributed by atoms with Crippen molar-refractivity contribution in [1.82, 2.24) is 4.90 Å². The van der Waals surface area contributed by atoms with Crippen molar-refractivity contribution in [1.29, 1.82) is 0 Å². The van der Waals surface area contributed by atoms with Gasteiger partial charge in [0.2, 0.25) is 0 Å². The van der Waals surface area contributed by atoms with Crippen LogP contribution in [0.1, 0.15) is 25.7 Å². The van der Waals surface area contributed by atoms with Crippen molar-refractivity contribution in [2.24, 2.45) is 0 Å². The third-order valence-corrected chi connectivity index (χ3v) is 3.03. The van der Waals surface area contributed by atoms with Crippen LogP contribution in [0.4, 0.5) is 0 Å². The molecule has 0 aliphatic carbocycles. The summed E-state index contributed by atoms with van der Waals surface area (Å²) in [6.45, 7) is 4.06. The average Bonchev–Trinajstić information content (AvgIpc) is 2.20. The summed E-state index contributed by atoms with van der Waals surface area (Å²) < 4.78 is 0. The molecule has 2 aliphatic rings. The fourth-order valence-electron chi connectivity index (χ4n) is 2.33. The fourth-order valence-corrected chi connectivity index (χ4v) is 2.33. The van der Waals surface area contributed by atoms with E-state index in [-0.39, 0.29) is 12.4 Å². The van der Waals surface area contributed by atoms with Gasteiger partial charge in [0.05, 0.1) is 0 Å². The summed E-state index contributed by atoms with van der Waals surface area (Å²) in [6, 6.07) is 1.68. The van der Waals surface area contributed by atoms with Gasteiger partial charge in [0.25, 0.3) is 0 Å². The van der Waals surface area contributed by atoms with Gasteiger partial charge in [0.1, 0.15) is 0 Å². The molecule has 64 valence electrons. The summed E-state index contributed by atoms with van der Waals surface area (Å²) in [6.07, 6.45) is 5.32. The van der Waals surface area contributed by atoms with Gasteiger partial charge in [-0.3, -0.25) is 4.90 Å². The molecular formula is C9H16ClN. The van der Waals surface area contributed by atoms with E-state index < -0.39 is 0 Å². The number of nitrogens with zero attached hydrogens (tertiary/aromatic N) is 1. The maximum absolute atomic E-state index is 4.06. The monoisotopic (exact) mass is 173 g/mol. The molecule has 2 heterocycles. The van der Waals surface area contributed by atoms with Gasteiger partial charge in [-0.25, -0.2) is 0 Å². The van der Waals surface area contributed by atoms with Crippen LogP contribution in [-0.4, -0.2) is 24.0 Å². The van der Waals surface area contributed by atoms with Crippen molar-refractivity contribution in [2.45, 2.75) is 37.8 Å². The van der Waals surface area contributed by atoms with Gasteiger partial charge in [-0.1, -0.05) is 12.2 Å². The molecule has 2 unspecified atom stereocenters. The minimum atomic E-state index is 0. The number of halogens is 1. The van der Waals surface area contributed by atoms with Crippen molar-refractivity contribution in [3.8, 4) is 0 Å². The molecule has 2 bridgehead atoms. The Bertz CT molecular complexity index is 151. The highest BCUT2D eigenvalue weighted by atomic mass is 35.5. The molecule has 2 fully saturated rings. The highest BCUT2D eigenvalue weighted by molar-refractivity contribution is 5.85. The molecule has 0 saturated carbocycles. The summed E-state index contributed by atoms with van der Waals surface area (Å²) >= 11 is 0. The molecule has 11 heavy (non-hydrogen) atoms. The van der Waals surface area contributed by atoms with Gasteiger partial charge in [-0.15, -0.1) is 12.4 Å². The normalized spacial score (nSPS) is 37.0. The van der Waals surface area contributed by atoms with Gasteiger partial charge in [-0.05, 0) is 32.7 Å². The van der Waals surface area contributed by atoms with E-state index in [0.29, 0.717) is 0 Å². The molecule has 0 N–H and O–H groups in total. The predicted octanol–water partition coefficient (Wildman–Crippen LogP) is 2.22. The average molecular weight is 174 g/mol. The molecule has 2 saturated heterocycles. The first-order chi connectivity index (χ1) is 4.77. The lowest BCUT2D eigenvalue weighted by molar-refractivity contribution is 0.210. The SMILES string of the molecule is C=C1CC2CCC(C1)N2C.Cl. The maximum Gasteiger partial charge on any atom is 0.0133 e. The minimum Gasteiger partial charge on any atom is -0.300 e. The Balaban J connectivity index is 0.000000605. The van der Waals surface area contributed by atoms with Gasteiger partial charge < -0.3 is 0 Å². The van der Waals surface area contributed by atoms with Crippen LogP contribution < -0.4 is 0 Å². The summed E-state index contributed by atoms with van der Waals surface area (Å²) in [5, 5.41) is 0. The molecule has 1 nitrogen and oxygen atoms in total. The second-order valence-corrected chi connectivity index (χ2v) is 3.71. The summed E-state index contributed by atoms with van der Waals surface area (Å²) in [4.78, 5) is 2.54. The highest BCUT2D eigenvalue weighted by Crippen LogP contribution is 2.35. The van der Waals surface area contributed by atoms with E-state index in [1.54, 1.807) is 0 Å². The van der Waals surface area contributed by atoms with Crippen LogP contribution in [0.5, 0.6) is 0 Å². The zero-order chi connectivity index (χ0) is 7.14. The van der Waals surface area contributed by atoms with E-state index in [1.807, 2.05) is 0 Å². The zero-order valence-corrected chi connectivity index (χ0v) is 7.86. The smallest absolute Gasteiger partial charge is 0.0133 e. The quantitative estimate of drug-likeness (QED) is 0.508. The Kier molecular flexibility index (Phi) is 2.61. The van der Waals surface area contributed by atoms with Crippen molar-refractivity contribution >= 4 is 12.4 Å². The molecule has 0 radical (unpaired) electrons. The number of piperidine rings is 1. The Morgan fingerprint density at radius 2 is 1.73 bits per heavy atom. The van der Waals surface area contributed by atoms with Crippen LogP contribution in [0.25, 0.3) is 0 Å². The summed E-state index contributed by atoms with van der Waals surface area (Å²) in [5.74, 6) is 0. The molecule has 2 atom stereocenters. The lowest BCUT2D eigenvalue weighted by atomic mass is 9.99. The van der Waals surface area contributed by atoms with Crippen LogP contribution >= 0.6 is 12.4 Å². The molecule has 0 amide bonds. The molecule has 0 spiro atoms. The predicted molar refractivity (Wildman–Crippen MR) is 50.2 cm³/mol. The van der Waals surface area contributed by atoms with E-state index in [1.165, 1.54) is 31.3 Å². The van der Waals surface area contributed by atoms with E-state index in [4.69, 9.17) is 0 Å². The number of hydrogen-bond donors (Lipinski definition) is 0. The Morgan fingerprint density at radius 1 is 1.27 bits per heavy atom. The number of hydrogen-bond acceptors (Lipinski definition) is 1. The Labute approximate surface area is 74.9 Å². The van der Waals surface area contributed by atoms with Crippen molar-refractivity contribution in [3.05, 3.63) is 12.2 Å². The largest absolute Gasteiger partial charge is 0.300 e. The van der Waals surface area contributed by atoms with Crippen LogP contribution in [0.15, 0.2) is 12.2 Å². The molecule has 0 aromatic heterocycles. The van der Waals surface area contributed by atoms with Gasteiger partial charge in [0.15, 0.2) is 0 Å². The van der Waals surface area contributed by atoms with Crippen LogP contribution in [-0.2, 0) is 0 Å². The van der Waals surface area contributed by atoms with Crippen molar-refractivity contribution in [3.63, 3.8) is 0 Å². The standard InChI is InChI=1S/C9H15N.ClH/c1-7-5-8-3-4-9(6-7)10(8)2;/h8-9H,1,3-6H2,2H3;1H. The van der Waals surface area contributed by atoms with E-state index in [2.05, 4.69) is 18.5 Å². The second-order valence-electron chi connectivity index (χ2n) is 3.71. The Morgan fingerprint density at radius 3 is 2.18 bits per heavy atom. The second kappa shape index (κ2) is 3.16. The van der Waals surface area contributed by atoms with Crippen molar-refractivity contribution < 1.29 is 0 Å². The Hall–Kier alpha value is -0.0100. The van der Waals surface area contributed by atoms with Crippen LogP contribution in [0, 0.1) is 0 Å². The minimum absolute atomic E-state index is 0. The third kappa shape index (κ3) is 1.45. The van der Waals surface area contributed by atoms with Crippen molar-refractivity contribution in [2.75, 3.05) is 7.05 Å². The summed E-state index contributed by atoms with van der Waals surface area (Å²) in [7, 11) is 2.26. The van der Waals surface area contributed by atoms with Crippen LogP contribution in [0.3, 0.4) is 0 Å². The van der Waals surface area contributed by atoms with Crippen LogP contribution in [0.2, 0.25) is 0 Å². The molecule has 2 heteroatoms. The van der Waals surface area contributed by atoms with E-state index >= 15 is 0 Å².